The maximum atomic E-state index is 11.9. The molecule has 0 saturated carbocycles. The van der Waals surface area contributed by atoms with E-state index in [1.54, 1.807) is 12.4 Å². The highest BCUT2D eigenvalue weighted by molar-refractivity contribution is 7.89. The van der Waals surface area contributed by atoms with Crippen molar-refractivity contribution in [2.75, 3.05) is 27.2 Å². The molecule has 1 rings (SSSR count). The van der Waals surface area contributed by atoms with E-state index in [0.29, 0.717) is 6.54 Å². The molecular formula is C9H15ClN2O4S2. The van der Waals surface area contributed by atoms with Crippen LogP contribution >= 0.6 is 23.7 Å². The molecule has 0 aliphatic heterocycles. The van der Waals surface area contributed by atoms with E-state index in [-0.39, 0.29) is 28.7 Å². The van der Waals surface area contributed by atoms with Gasteiger partial charge < -0.3 is 10.1 Å². The normalized spacial score (nSPS) is 10.8. The summed E-state index contributed by atoms with van der Waals surface area (Å²) < 4.78 is 30.7. The third kappa shape index (κ3) is 4.21. The number of methoxy groups -OCH3 is 1. The number of carbonyl (C=O) groups excluding carboxylic acids is 1. The highest BCUT2D eigenvalue weighted by Crippen LogP contribution is 2.22. The topological polar surface area (TPSA) is 84.5 Å². The number of esters is 1. The fourth-order valence-electron chi connectivity index (χ4n) is 1.14. The molecule has 0 radical (unpaired) electrons. The van der Waals surface area contributed by atoms with Gasteiger partial charge >= 0.3 is 5.97 Å². The van der Waals surface area contributed by atoms with Crippen LogP contribution in [0.1, 0.15) is 9.67 Å². The summed E-state index contributed by atoms with van der Waals surface area (Å²) in [7, 11) is -0.719. The molecule has 6 nitrogen and oxygen atoms in total. The van der Waals surface area contributed by atoms with E-state index < -0.39 is 16.0 Å². The summed E-state index contributed by atoms with van der Waals surface area (Å²) in [6, 6.07) is 1.39. The van der Waals surface area contributed by atoms with Gasteiger partial charge in [-0.1, -0.05) is 0 Å². The third-order valence-electron chi connectivity index (χ3n) is 1.96. The highest BCUT2D eigenvalue weighted by Gasteiger charge is 2.23. The number of thiophene rings is 1. The first-order valence-electron chi connectivity index (χ1n) is 4.83. The molecule has 0 bridgehead atoms. The smallest absolute Gasteiger partial charge is 0.349 e. The van der Waals surface area contributed by atoms with E-state index in [1.807, 2.05) is 0 Å². The second kappa shape index (κ2) is 7.70. The molecule has 1 aromatic heterocycles. The summed E-state index contributed by atoms with van der Waals surface area (Å²) in [5, 5.41) is 4.36. The van der Waals surface area contributed by atoms with Crippen molar-refractivity contribution in [3.8, 4) is 0 Å². The molecule has 2 N–H and O–H groups in total. The predicted molar refractivity (Wildman–Crippen MR) is 72.0 cm³/mol. The summed E-state index contributed by atoms with van der Waals surface area (Å²) in [6.07, 6.45) is 0. The number of likely N-dealkylation sites (N-methyl/N-ethyl adjacent to an activating group) is 1. The molecule has 0 aliphatic carbocycles. The Labute approximate surface area is 116 Å². The SMILES string of the molecule is CNCCNS(=O)(=O)c1ccsc1C(=O)OC.Cl. The molecule has 0 amide bonds. The first-order chi connectivity index (χ1) is 8.03. The molecule has 0 fully saturated rings. The Bertz CT molecular complexity index is 487. The van der Waals surface area contributed by atoms with Gasteiger partial charge in [-0.25, -0.2) is 17.9 Å². The van der Waals surface area contributed by atoms with Gasteiger partial charge in [0.1, 0.15) is 9.77 Å². The largest absolute Gasteiger partial charge is 0.465 e. The summed E-state index contributed by atoms with van der Waals surface area (Å²) >= 11 is 1.04. The van der Waals surface area contributed by atoms with E-state index in [2.05, 4.69) is 14.8 Å². The number of rotatable bonds is 6. The van der Waals surface area contributed by atoms with Crippen LogP contribution in [0.2, 0.25) is 0 Å². The Balaban J connectivity index is 0.00000289. The monoisotopic (exact) mass is 314 g/mol. The summed E-state index contributed by atoms with van der Waals surface area (Å²) in [5.74, 6) is -0.644. The van der Waals surface area contributed by atoms with Crippen LogP contribution in [0.4, 0.5) is 0 Å². The molecule has 0 aromatic carbocycles. The molecule has 0 spiro atoms. The molecule has 9 heteroatoms. The Hall–Kier alpha value is -0.670. The molecule has 0 aliphatic rings. The maximum absolute atomic E-state index is 11.9. The van der Waals surface area contributed by atoms with Crippen LogP contribution in [-0.2, 0) is 14.8 Å². The molecule has 18 heavy (non-hydrogen) atoms. The van der Waals surface area contributed by atoms with Gasteiger partial charge in [-0.05, 0) is 18.5 Å². The van der Waals surface area contributed by atoms with Crippen LogP contribution in [-0.4, -0.2) is 41.6 Å². The molecule has 104 valence electrons. The number of carbonyl (C=O) groups is 1. The minimum Gasteiger partial charge on any atom is -0.465 e. The lowest BCUT2D eigenvalue weighted by Gasteiger charge is -2.06. The van der Waals surface area contributed by atoms with E-state index in [9.17, 15) is 13.2 Å². The molecule has 0 saturated heterocycles. The van der Waals surface area contributed by atoms with E-state index in [4.69, 9.17) is 0 Å². The molecule has 1 heterocycles. The van der Waals surface area contributed by atoms with Gasteiger partial charge in [-0.2, -0.15) is 0 Å². The Morgan fingerprint density at radius 2 is 2.11 bits per heavy atom. The minimum absolute atomic E-state index is 0. The van der Waals surface area contributed by atoms with Crippen molar-refractivity contribution in [2.24, 2.45) is 0 Å². The molecule has 0 unspecified atom stereocenters. The number of halogens is 1. The van der Waals surface area contributed by atoms with Gasteiger partial charge in [0, 0.05) is 13.1 Å². The number of nitrogens with one attached hydrogen (secondary N) is 2. The molecular weight excluding hydrogens is 300 g/mol. The van der Waals surface area contributed by atoms with E-state index in [0.717, 1.165) is 11.3 Å². The lowest BCUT2D eigenvalue weighted by molar-refractivity contribution is 0.0602. The third-order valence-corrected chi connectivity index (χ3v) is 4.48. The molecule has 0 atom stereocenters. The number of hydrogen-bond acceptors (Lipinski definition) is 6. The number of sulfonamides is 1. The minimum atomic E-state index is -3.66. The quantitative estimate of drug-likeness (QED) is 0.588. The summed E-state index contributed by atoms with van der Waals surface area (Å²) in [4.78, 5) is 11.4. The highest BCUT2D eigenvalue weighted by atomic mass is 35.5. The average molecular weight is 315 g/mol. The van der Waals surface area contributed by atoms with Crippen molar-refractivity contribution in [2.45, 2.75) is 4.90 Å². The zero-order valence-electron chi connectivity index (χ0n) is 9.93. The predicted octanol–water partition coefficient (Wildman–Crippen LogP) is 0.454. The lowest BCUT2D eigenvalue weighted by Crippen LogP contribution is -2.31. The first-order valence-corrected chi connectivity index (χ1v) is 7.19. The van der Waals surface area contributed by atoms with Crippen molar-refractivity contribution in [1.82, 2.24) is 10.0 Å². The lowest BCUT2D eigenvalue weighted by atomic mass is 10.5. The van der Waals surface area contributed by atoms with Gasteiger partial charge in [0.15, 0.2) is 0 Å². The van der Waals surface area contributed by atoms with Crippen molar-refractivity contribution in [3.63, 3.8) is 0 Å². The van der Waals surface area contributed by atoms with Crippen LogP contribution in [0.3, 0.4) is 0 Å². The second-order valence-corrected chi connectivity index (χ2v) is 5.76. The van der Waals surface area contributed by atoms with Crippen LogP contribution in [0.15, 0.2) is 16.3 Å². The fourth-order valence-corrected chi connectivity index (χ4v) is 3.50. The standard InChI is InChI=1S/C9H14N2O4S2.ClH/c1-10-4-5-11-17(13,14)7-3-6-16-8(7)9(12)15-2;/h3,6,10-11H,4-5H2,1-2H3;1H. The Kier molecular flexibility index (Phi) is 7.41. The first kappa shape index (κ1) is 17.3. The number of ether oxygens (including phenoxy) is 1. The van der Waals surface area contributed by atoms with Crippen molar-refractivity contribution < 1.29 is 17.9 Å². The average Bonchev–Trinajstić information content (AvgIpc) is 2.78. The van der Waals surface area contributed by atoms with Crippen molar-refractivity contribution >= 4 is 39.7 Å². The van der Waals surface area contributed by atoms with Gasteiger partial charge in [-0.3, -0.25) is 0 Å². The molecule has 1 aromatic rings. The van der Waals surface area contributed by atoms with Gasteiger partial charge in [0.25, 0.3) is 0 Å². The van der Waals surface area contributed by atoms with E-state index >= 15 is 0 Å². The Morgan fingerprint density at radius 1 is 1.44 bits per heavy atom. The van der Waals surface area contributed by atoms with E-state index in [1.165, 1.54) is 13.2 Å². The zero-order chi connectivity index (χ0) is 12.9. The van der Waals surface area contributed by atoms with Crippen LogP contribution < -0.4 is 10.0 Å². The van der Waals surface area contributed by atoms with Crippen LogP contribution in [0.25, 0.3) is 0 Å². The summed E-state index contributed by atoms with van der Waals surface area (Å²) in [6.45, 7) is 0.770. The second-order valence-electron chi connectivity index (χ2n) is 3.11. The fraction of sp³-hybridized carbons (Fsp3) is 0.444. The zero-order valence-corrected chi connectivity index (χ0v) is 12.4. The van der Waals surface area contributed by atoms with Gasteiger partial charge in [0.2, 0.25) is 10.0 Å². The summed E-state index contributed by atoms with van der Waals surface area (Å²) in [5.41, 5.74) is 0. The van der Waals surface area contributed by atoms with Crippen LogP contribution in [0, 0.1) is 0 Å². The number of hydrogen-bond donors (Lipinski definition) is 2. The van der Waals surface area contributed by atoms with Crippen molar-refractivity contribution in [1.29, 1.82) is 0 Å². The van der Waals surface area contributed by atoms with Crippen molar-refractivity contribution in [3.05, 3.63) is 16.3 Å². The Morgan fingerprint density at radius 3 is 2.67 bits per heavy atom. The van der Waals surface area contributed by atoms with Gasteiger partial charge in [0.05, 0.1) is 7.11 Å². The van der Waals surface area contributed by atoms with Crippen LogP contribution in [0.5, 0.6) is 0 Å². The van der Waals surface area contributed by atoms with Gasteiger partial charge in [-0.15, -0.1) is 23.7 Å². The maximum Gasteiger partial charge on any atom is 0.349 e.